The molecular formula is C49H40N2. The van der Waals surface area contributed by atoms with Crippen LogP contribution in [-0.4, -0.2) is 9.97 Å². The van der Waals surface area contributed by atoms with Gasteiger partial charge < -0.3 is 0 Å². The SMILES string of the molecule is CC1(C)c2ccccc2-c2c1ccc1c2C2(c3c-1cccc3-c1nc3ccc4ccccc4c3nc1-c1ccccc1)C1CC3CC(C1)CC2C3. The Morgan fingerprint density at radius 2 is 1.20 bits per heavy atom. The molecule has 7 aromatic rings. The Hall–Kier alpha value is -5.08. The first kappa shape index (κ1) is 28.6. The van der Waals surface area contributed by atoms with Crippen molar-refractivity contribution in [3.8, 4) is 44.8 Å². The highest BCUT2D eigenvalue weighted by molar-refractivity contribution is 6.06. The van der Waals surface area contributed by atoms with Gasteiger partial charge in [-0.05, 0) is 112 Å². The van der Waals surface area contributed by atoms with Crippen LogP contribution in [0.1, 0.15) is 68.2 Å². The van der Waals surface area contributed by atoms with E-state index in [2.05, 4.69) is 135 Å². The van der Waals surface area contributed by atoms with Crippen LogP contribution >= 0.6 is 0 Å². The Morgan fingerprint density at radius 3 is 2.02 bits per heavy atom. The van der Waals surface area contributed by atoms with Crippen LogP contribution in [-0.2, 0) is 10.8 Å². The normalized spacial score (nSPS) is 25.7. The van der Waals surface area contributed by atoms with Crippen LogP contribution in [0, 0.1) is 23.7 Å². The summed E-state index contributed by atoms with van der Waals surface area (Å²) in [6, 6.07) is 45.3. The second-order valence-electron chi connectivity index (χ2n) is 16.9. The molecule has 6 aliphatic carbocycles. The topological polar surface area (TPSA) is 25.8 Å². The predicted molar refractivity (Wildman–Crippen MR) is 209 cm³/mol. The Morgan fingerprint density at radius 1 is 0.510 bits per heavy atom. The van der Waals surface area contributed by atoms with Gasteiger partial charge in [0.2, 0.25) is 0 Å². The Balaban J connectivity index is 1.21. The zero-order valence-electron chi connectivity index (χ0n) is 29.3. The molecule has 0 aliphatic heterocycles. The van der Waals surface area contributed by atoms with Crippen LogP contribution in [0.25, 0.3) is 66.6 Å². The maximum Gasteiger partial charge on any atom is 0.0976 e. The van der Waals surface area contributed by atoms with Crippen molar-refractivity contribution in [3.05, 3.63) is 144 Å². The Kier molecular flexibility index (Phi) is 5.51. The highest BCUT2D eigenvalue weighted by atomic mass is 14.8. The average Bonchev–Trinajstić information content (AvgIpc) is 3.59. The average molecular weight is 657 g/mol. The second-order valence-corrected chi connectivity index (χ2v) is 16.9. The number of benzene rings is 6. The van der Waals surface area contributed by atoms with E-state index >= 15 is 0 Å². The fourth-order valence-electron chi connectivity index (χ4n) is 12.5. The third kappa shape index (κ3) is 3.54. The fourth-order valence-corrected chi connectivity index (χ4v) is 12.5. The molecule has 4 bridgehead atoms. The number of aromatic nitrogens is 2. The van der Waals surface area contributed by atoms with E-state index in [0.717, 1.165) is 45.2 Å². The monoisotopic (exact) mass is 656 g/mol. The predicted octanol–water partition coefficient (Wildman–Crippen LogP) is 12.1. The summed E-state index contributed by atoms with van der Waals surface area (Å²) in [6.45, 7) is 4.89. The van der Waals surface area contributed by atoms with Gasteiger partial charge in [-0.2, -0.15) is 0 Å². The van der Waals surface area contributed by atoms with Gasteiger partial charge in [0.25, 0.3) is 0 Å². The van der Waals surface area contributed by atoms with E-state index in [4.69, 9.17) is 9.97 Å². The minimum atomic E-state index is -0.0401. The van der Waals surface area contributed by atoms with Gasteiger partial charge in [-0.3, -0.25) is 0 Å². The first-order chi connectivity index (χ1) is 25.0. The standard InChI is InChI=1S/C49H40N2/c1-48(2)39-18-9-8-15-37(39)42-40(48)21-20-36-35-16-10-17-38(43(35)49(44(36)42)32-24-28-23-29(26-32)27-33(49)25-28)47-45(31-12-4-3-5-13-31)51-46-34-14-7-6-11-30(34)19-22-41(46)50-47/h3-22,28-29,32-33H,23-27H2,1-2H3. The van der Waals surface area contributed by atoms with Crippen LogP contribution in [0.2, 0.25) is 0 Å². The molecular weight excluding hydrogens is 617 g/mol. The number of fused-ring (bicyclic) bond motifs is 10. The van der Waals surface area contributed by atoms with Crippen molar-refractivity contribution in [1.29, 1.82) is 0 Å². The van der Waals surface area contributed by atoms with Crippen LogP contribution in [0.4, 0.5) is 0 Å². The van der Waals surface area contributed by atoms with Gasteiger partial charge >= 0.3 is 0 Å². The first-order valence-corrected chi connectivity index (χ1v) is 19.2. The van der Waals surface area contributed by atoms with Crippen molar-refractivity contribution in [1.82, 2.24) is 9.97 Å². The zero-order chi connectivity index (χ0) is 33.6. The third-order valence-corrected chi connectivity index (χ3v) is 14.2. The summed E-state index contributed by atoms with van der Waals surface area (Å²) in [5, 5.41) is 2.36. The summed E-state index contributed by atoms with van der Waals surface area (Å²) >= 11 is 0. The van der Waals surface area contributed by atoms with Gasteiger partial charge in [-0.25, -0.2) is 9.97 Å². The van der Waals surface area contributed by atoms with E-state index in [9.17, 15) is 0 Å². The Bertz CT molecular complexity index is 2600. The minimum Gasteiger partial charge on any atom is -0.244 e. The summed E-state index contributed by atoms with van der Waals surface area (Å²) in [5.41, 5.74) is 18.4. The van der Waals surface area contributed by atoms with Crippen LogP contribution < -0.4 is 0 Å². The van der Waals surface area contributed by atoms with E-state index in [1.807, 2.05) is 0 Å². The molecule has 0 saturated heterocycles. The van der Waals surface area contributed by atoms with E-state index in [0.29, 0.717) is 11.8 Å². The fraction of sp³-hybridized carbons (Fsp3) is 0.265. The molecule has 4 fully saturated rings. The van der Waals surface area contributed by atoms with E-state index in [1.54, 1.807) is 16.7 Å². The molecule has 246 valence electrons. The summed E-state index contributed by atoms with van der Waals surface area (Å²) in [5.74, 6) is 3.00. The molecule has 1 heterocycles. The minimum absolute atomic E-state index is 0.0290. The molecule has 1 spiro atoms. The van der Waals surface area contributed by atoms with Crippen LogP contribution in [0.15, 0.2) is 121 Å². The summed E-state index contributed by atoms with van der Waals surface area (Å²) < 4.78 is 0. The lowest BCUT2D eigenvalue weighted by Gasteiger charge is -2.61. The smallest absolute Gasteiger partial charge is 0.0976 e. The maximum absolute atomic E-state index is 5.68. The largest absolute Gasteiger partial charge is 0.244 e. The summed E-state index contributed by atoms with van der Waals surface area (Å²) in [6.07, 6.45) is 6.81. The highest BCUT2D eigenvalue weighted by Crippen LogP contribution is 2.73. The quantitative estimate of drug-likeness (QED) is 0.173. The molecule has 0 atom stereocenters. The zero-order valence-corrected chi connectivity index (χ0v) is 29.3. The molecule has 2 nitrogen and oxygen atoms in total. The molecule has 51 heavy (non-hydrogen) atoms. The molecule has 0 unspecified atom stereocenters. The van der Waals surface area contributed by atoms with Gasteiger partial charge in [0, 0.05) is 27.3 Å². The molecule has 4 saturated carbocycles. The number of nitrogens with zero attached hydrogens (tertiary/aromatic N) is 2. The number of hydrogen-bond acceptors (Lipinski definition) is 2. The second kappa shape index (κ2) is 9.82. The summed E-state index contributed by atoms with van der Waals surface area (Å²) in [4.78, 5) is 11.3. The lowest BCUT2D eigenvalue weighted by molar-refractivity contribution is -0.0395. The molecule has 0 N–H and O–H groups in total. The number of rotatable bonds is 2. The molecule has 13 rings (SSSR count). The summed E-state index contributed by atoms with van der Waals surface area (Å²) in [7, 11) is 0. The van der Waals surface area contributed by atoms with Crippen molar-refractivity contribution in [3.63, 3.8) is 0 Å². The van der Waals surface area contributed by atoms with Crippen molar-refractivity contribution < 1.29 is 0 Å². The lowest BCUT2D eigenvalue weighted by atomic mass is 9.42. The molecule has 6 aromatic carbocycles. The van der Waals surface area contributed by atoms with Gasteiger partial charge in [0.15, 0.2) is 0 Å². The van der Waals surface area contributed by atoms with Gasteiger partial charge in [0.1, 0.15) is 0 Å². The van der Waals surface area contributed by atoms with Gasteiger partial charge in [-0.15, -0.1) is 0 Å². The van der Waals surface area contributed by atoms with Crippen LogP contribution in [0.3, 0.4) is 0 Å². The molecule has 1 aromatic heterocycles. The molecule has 0 radical (unpaired) electrons. The molecule has 6 aliphatic rings. The van der Waals surface area contributed by atoms with Crippen molar-refractivity contribution in [2.45, 2.75) is 56.8 Å². The third-order valence-electron chi connectivity index (χ3n) is 14.2. The van der Waals surface area contributed by atoms with Crippen molar-refractivity contribution >= 4 is 21.8 Å². The lowest BCUT2D eigenvalue weighted by Crippen LogP contribution is -2.55. The maximum atomic E-state index is 5.68. The van der Waals surface area contributed by atoms with E-state index in [1.165, 1.54) is 70.9 Å². The highest BCUT2D eigenvalue weighted by Gasteiger charge is 2.63. The van der Waals surface area contributed by atoms with Crippen LogP contribution in [0.5, 0.6) is 0 Å². The Labute approximate surface area is 299 Å². The molecule has 2 heteroatoms. The van der Waals surface area contributed by atoms with Crippen molar-refractivity contribution in [2.75, 3.05) is 0 Å². The van der Waals surface area contributed by atoms with Gasteiger partial charge in [-0.1, -0.05) is 129 Å². The van der Waals surface area contributed by atoms with E-state index in [-0.39, 0.29) is 10.8 Å². The van der Waals surface area contributed by atoms with E-state index < -0.39 is 0 Å². The first-order valence-electron chi connectivity index (χ1n) is 19.2. The van der Waals surface area contributed by atoms with Gasteiger partial charge in [0.05, 0.1) is 22.4 Å². The van der Waals surface area contributed by atoms with Crippen molar-refractivity contribution in [2.24, 2.45) is 23.7 Å². The molecule has 0 amide bonds. The number of hydrogen-bond donors (Lipinski definition) is 0.